The fourth-order valence-electron chi connectivity index (χ4n) is 0.731. The summed E-state index contributed by atoms with van der Waals surface area (Å²) in [5, 5.41) is 22.6. The summed E-state index contributed by atoms with van der Waals surface area (Å²) < 4.78 is 0. The summed E-state index contributed by atoms with van der Waals surface area (Å²) in [6.45, 7) is 0.457. The van der Waals surface area contributed by atoms with Crippen molar-refractivity contribution in [2.24, 2.45) is 5.10 Å². The third-order valence-electron chi connectivity index (χ3n) is 1.22. The van der Waals surface area contributed by atoms with Crippen LogP contribution in [0.3, 0.4) is 0 Å². The van der Waals surface area contributed by atoms with Gasteiger partial charge >= 0.3 is 0 Å². The molecule has 1 aliphatic heterocycles. The van der Waals surface area contributed by atoms with Crippen LogP contribution < -0.4 is 0 Å². The second kappa shape index (κ2) is 2.80. The van der Waals surface area contributed by atoms with Gasteiger partial charge in [0.25, 0.3) is 0 Å². The lowest BCUT2D eigenvalue weighted by molar-refractivity contribution is -0.0275. The molecule has 0 radical (unpaired) electrons. The zero-order valence-corrected chi connectivity index (χ0v) is 5.06. The number of hydrazone groups is 1. The van der Waals surface area contributed by atoms with E-state index in [1.54, 1.807) is 6.21 Å². The average molecular weight is 130 g/mol. The Morgan fingerprint density at radius 1 is 1.78 bits per heavy atom. The van der Waals surface area contributed by atoms with Gasteiger partial charge in [-0.05, 0) is 0 Å². The average Bonchev–Trinajstić information content (AvgIpc) is 2.37. The summed E-state index contributed by atoms with van der Waals surface area (Å²) in [6.07, 6.45) is 1.76. The first-order valence-corrected chi connectivity index (χ1v) is 2.92. The fourth-order valence-corrected chi connectivity index (χ4v) is 0.731. The van der Waals surface area contributed by atoms with Crippen LogP contribution in [0.1, 0.15) is 6.42 Å². The second-order valence-electron chi connectivity index (χ2n) is 1.91. The van der Waals surface area contributed by atoms with E-state index in [-0.39, 0.29) is 6.61 Å². The second-order valence-corrected chi connectivity index (χ2v) is 1.91. The van der Waals surface area contributed by atoms with Gasteiger partial charge < -0.3 is 10.2 Å². The molecule has 0 aromatic rings. The molecule has 0 aromatic heterocycles. The van der Waals surface area contributed by atoms with E-state index in [0.717, 1.165) is 6.42 Å². The molecule has 0 saturated heterocycles. The van der Waals surface area contributed by atoms with Gasteiger partial charge in [0, 0.05) is 19.2 Å². The summed E-state index contributed by atoms with van der Waals surface area (Å²) >= 11 is 0. The smallest absolute Gasteiger partial charge is 0.165 e. The molecule has 0 amide bonds. The van der Waals surface area contributed by atoms with Crippen LogP contribution in [0.25, 0.3) is 0 Å². The maximum Gasteiger partial charge on any atom is 0.165 e. The first-order valence-electron chi connectivity index (χ1n) is 2.92. The molecule has 1 unspecified atom stereocenters. The highest BCUT2D eigenvalue weighted by Crippen LogP contribution is 2.02. The Balaban J connectivity index is 2.33. The predicted molar refractivity (Wildman–Crippen MR) is 32.9 cm³/mol. The summed E-state index contributed by atoms with van der Waals surface area (Å²) in [5.74, 6) is 0. The number of hydrogen-bond acceptors (Lipinski definition) is 4. The quantitative estimate of drug-likeness (QED) is 0.503. The standard InChI is InChI=1S/C5H10N2O2/c8-4-5(9)7-3-1-2-6-7/h2,5,8-9H,1,3-4H2. The van der Waals surface area contributed by atoms with E-state index >= 15 is 0 Å². The molecular formula is C5H10N2O2. The minimum absolute atomic E-state index is 0.253. The molecule has 52 valence electrons. The normalized spacial score (nSPS) is 20.9. The molecule has 0 aliphatic carbocycles. The van der Waals surface area contributed by atoms with Crippen LogP contribution in [0, 0.1) is 0 Å². The Bertz CT molecular complexity index is 116. The largest absolute Gasteiger partial charge is 0.392 e. The summed E-state index contributed by atoms with van der Waals surface area (Å²) in [4.78, 5) is 0. The predicted octanol–water partition coefficient (Wildman–Crippen LogP) is -1.01. The van der Waals surface area contributed by atoms with Crippen molar-refractivity contribution in [3.63, 3.8) is 0 Å². The lowest BCUT2D eigenvalue weighted by atomic mass is 10.4. The third-order valence-corrected chi connectivity index (χ3v) is 1.22. The zero-order chi connectivity index (χ0) is 6.69. The monoisotopic (exact) mass is 130 g/mol. The van der Waals surface area contributed by atoms with Crippen molar-refractivity contribution in [1.82, 2.24) is 5.01 Å². The van der Waals surface area contributed by atoms with Gasteiger partial charge in [-0.15, -0.1) is 0 Å². The van der Waals surface area contributed by atoms with Gasteiger partial charge in [-0.3, -0.25) is 5.01 Å². The van der Waals surface area contributed by atoms with Gasteiger partial charge in [0.15, 0.2) is 6.23 Å². The lowest BCUT2D eigenvalue weighted by Crippen LogP contribution is -2.31. The van der Waals surface area contributed by atoms with Crippen molar-refractivity contribution >= 4 is 6.21 Å². The van der Waals surface area contributed by atoms with E-state index in [4.69, 9.17) is 10.2 Å². The number of nitrogens with zero attached hydrogens (tertiary/aromatic N) is 2. The molecule has 0 spiro atoms. The van der Waals surface area contributed by atoms with Crippen molar-refractivity contribution in [3.05, 3.63) is 0 Å². The summed E-state index contributed by atoms with van der Waals surface area (Å²) in [7, 11) is 0. The van der Waals surface area contributed by atoms with E-state index in [2.05, 4.69) is 5.10 Å². The van der Waals surface area contributed by atoms with Gasteiger partial charge in [-0.2, -0.15) is 5.10 Å². The SMILES string of the molecule is OCC(O)N1CCC=N1. The van der Waals surface area contributed by atoms with Crippen LogP contribution >= 0.6 is 0 Å². The topological polar surface area (TPSA) is 56.1 Å². The lowest BCUT2D eigenvalue weighted by Gasteiger charge is -2.18. The Morgan fingerprint density at radius 2 is 2.56 bits per heavy atom. The molecule has 0 aromatic carbocycles. The van der Waals surface area contributed by atoms with Crippen molar-refractivity contribution in [2.75, 3.05) is 13.2 Å². The molecule has 0 saturated carbocycles. The van der Waals surface area contributed by atoms with E-state index in [1.807, 2.05) is 0 Å². The number of aliphatic hydroxyl groups is 2. The van der Waals surface area contributed by atoms with E-state index < -0.39 is 6.23 Å². The molecular weight excluding hydrogens is 120 g/mol. The van der Waals surface area contributed by atoms with Gasteiger partial charge in [0.2, 0.25) is 0 Å². The van der Waals surface area contributed by atoms with Crippen LogP contribution in [0.4, 0.5) is 0 Å². The van der Waals surface area contributed by atoms with Crippen LogP contribution in [-0.2, 0) is 0 Å². The molecule has 1 heterocycles. The summed E-state index contributed by atoms with van der Waals surface area (Å²) in [5.41, 5.74) is 0. The highest BCUT2D eigenvalue weighted by Gasteiger charge is 2.13. The van der Waals surface area contributed by atoms with Crippen LogP contribution in [-0.4, -0.2) is 40.8 Å². The van der Waals surface area contributed by atoms with Gasteiger partial charge in [-0.25, -0.2) is 0 Å². The Hall–Kier alpha value is -0.610. The Morgan fingerprint density at radius 3 is 3.00 bits per heavy atom. The highest BCUT2D eigenvalue weighted by atomic mass is 16.3. The summed E-state index contributed by atoms with van der Waals surface area (Å²) in [6, 6.07) is 0. The highest BCUT2D eigenvalue weighted by molar-refractivity contribution is 5.58. The number of hydrogen-bond donors (Lipinski definition) is 2. The minimum atomic E-state index is -0.816. The number of aliphatic hydroxyl groups excluding tert-OH is 2. The first kappa shape index (κ1) is 6.51. The molecule has 0 fully saturated rings. The van der Waals surface area contributed by atoms with Crippen LogP contribution in [0.5, 0.6) is 0 Å². The van der Waals surface area contributed by atoms with E-state index in [1.165, 1.54) is 5.01 Å². The van der Waals surface area contributed by atoms with Crippen molar-refractivity contribution < 1.29 is 10.2 Å². The van der Waals surface area contributed by atoms with Crippen molar-refractivity contribution in [1.29, 1.82) is 0 Å². The molecule has 4 nitrogen and oxygen atoms in total. The molecule has 0 bridgehead atoms. The van der Waals surface area contributed by atoms with Gasteiger partial charge in [0.05, 0.1) is 6.61 Å². The maximum atomic E-state index is 8.92. The molecule has 1 rings (SSSR count). The molecule has 9 heavy (non-hydrogen) atoms. The Kier molecular flexibility index (Phi) is 2.02. The molecule has 1 aliphatic rings. The third kappa shape index (κ3) is 1.40. The number of rotatable bonds is 2. The Labute approximate surface area is 53.4 Å². The van der Waals surface area contributed by atoms with E-state index in [9.17, 15) is 0 Å². The van der Waals surface area contributed by atoms with E-state index in [0.29, 0.717) is 6.54 Å². The van der Waals surface area contributed by atoms with Crippen molar-refractivity contribution in [2.45, 2.75) is 12.6 Å². The van der Waals surface area contributed by atoms with Crippen LogP contribution in [0.15, 0.2) is 5.10 Å². The molecule has 1 atom stereocenters. The first-order chi connectivity index (χ1) is 4.34. The molecule has 4 heteroatoms. The maximum absolute atomic E-state index is 8.92. The zero-order valence-electron chi connectivity index (χ0n) is 5.06. The molecule has 2 N–H and O–H groups in total. The van der Waals surface area contributed by atoms with Crippen LogP contribution in [0.2, 0.25) is 0 Å². The van der Waals surface area contributed by atoms with Crippen molar-refractivity contribution in [3.8, 4) is 0 Å². The van der Waals surface area contributed by atoms with Gasteiger partial charge in [-0.1, -0.05) is 0 Å². The van der Waals surface area contributed by atoms with Gasteiger partial charge in [0.1, 0.15) is 0 Å². The minimum Gasteiger partial charge on any atom is -0.392 e. The fraction of sp³-hybridized carbons (Fsp3) is 0.800.